The molecule has 184 valence electrons. The van der Waals surface area contributed by atoms with Crippen LogP contribution in [0.3, 0.4) is 0 Å². The molecule has 2 amide bonds. The van der Waals surface area contributed by atoms with Crippen LogP contribution in [0.5, 0.6) is 0 Å². The minimum Gasteiger partial charge on any atom is -0.298 e. The summed E-state index contributed by atoms with van der Waals surface area (Å²) in [6.45, 7) is 0. The highest BCUT2D eigenvalue weighted by Gasteiger charge is 2.35. The van der Waals surface area contributed by atoms with Crippen molar-refractivity contribution in [2.75, 3.05) is 4.90 Å². The first-order chi connectivity index (χ1) is 17.8. The van der Waals surface area contributed by atoms with Crippen molar-refractivity contribution in [1.82, 2.24) is 15.1 Å². The number of thiocarbonyl (C=S) groups is 1. The molecule has 1 aliphatic rings. The first-order valence-corrected chi connectivity index (χ1v) is 13.0. The zero-order chi connectivity index (χ0) is 26.1. The monoisotopic (exact) mass is 564 g/mol. The number of nitrogens with one attached hydrogen (secondary N) is 1. The fraction of sp³-hybridized carbons (Fsp3) is 0.0370. The number of rotatable bonds is 5. The maximum absolute atomic E-state index is 13.6. The molecule has 1 N–H and O–H groups in total. The Labute approximate surface area is 232 Å². The van der Waals surface area contributed by atoms with Crippen molar-refractivity contribution in [3.05, 3.63) is 100 Å². The summed E-state index contributed by atoms with van der Waals surface area (Å²) in [6.07, 6.45) is 1.58. The molecular formula is C27H18Cl2N4O2S2. The van der Waals surface area contributed by atoms with Gasteiger partial charge in [0.05, 0.1) is 5.69 Å². The molecular weight excluding hydrogens is 547 g/mol. The van der Waals surface area contributed by atoms with Gasteiger partial charge in [0, 0.05) is 33.1 Å². The Morgan fingerprint density at radius 1 is 0.919 bits per heavy atom. The van der Waals surface area contributed by atoms with Crippen LogP contribution in [0.2, 0.25) is 10.0 Å². The number of benzene rings is 3. The van der Waals surface area contributed by atoms with Gasteiger partial charge in [-0.15, -0.1) is 0 Å². The number of halogens is 2. The molecule has 1 aliphatic heterocycles. The zero-order valence-corrected chi connectivity index (χ0v) is 22.5. The Balaban J connectivity index is 1.64. The van der Waals surface area contributed by atoms with Crippen LogP contribution in [0, 0.1) is 0 Å². The maximum Gasteiger partial charge on any atom is 0.270 e. The third-order valence-electron chi connectivity index (χ3n) is 5.58. The lowest BCUT2D eigenvalue weighted by molar-refractivity contribution is -0.122. The van der Waals surface area contributed by atoms with Gasteiger partial charge in [-0.25, -0.2) is 0 Å². The van der Waals surface area contributed by atoms with Gasteiger partial charge in [-0.05, 0) is 66.8 Å². The molecule has 3 aromatic carbocycles. The van der Waals surface area contributed by atoms with Crippen LogP contribution >= 0.6 is 47.2 Å². The smallest absolute Gasteiger partial charge is 0.270 e. The number of nitrogens with zero attached hydrogens (tertiary/aromatic N) is 3. The summed E-state index contributed by atoms with van der Waals surface area (Å²) in [6, 6.07) is 23.7. The standard InChI is InChI=1S/C27H18Cl2N4O2S2/c1-32-26(37-20-13-9-18(29)10-14-20)21(23(31-32)16-5-3-2-4-6-16)15-22-24(34)30-27(36)33(25(22)35)19-11-7-17(28)8-12-19/h2-15H,1H3,(H,30,34,36). The van der Waals surface area contributed by atoms with Gasteiger partial charge in [0.25, 0.3) is 11.8 Å². The van der Waals surface area contributed by atoms with E-state index in [1.165, 1.54) is 16.7 Å². The molecule has 0 aliphatic carbocycles. The zero-order valence-electron chi connectivity index (χ0n) is 19.3. The molecule has 4 aromatic rings. The number of hydrogen-bond donors (Lipinski definition) is 1. The highest BCUT2D eigenvalue weighted by atomic mass is 35.5. The Bertz CT molecular complexity index is 1550. The van der Waals surface area contributed by atoms with Gasteiger partial charge < -0.3 is 0 Å². The van der Waals surface area contributed by atoms with E-state index in [-0.39, 0.29) is 10.7 Å². The Hall–Kier alpha value is -3.43. The minimum absolute atomic E-state index is 0.000273. The van der Waals surface area contributed by atoms with Crippen LogP contribution in [0.4, 0.5) is 5.69 Å². The van der Waals surface area contributed by atoms with E-state index in [4.69, 9.17) is 40.5 Å². The number of hydrogen-bond acceptors (Lipinski definition) is 5. The number of carbonyl (C=O) groups excluding carboxylic acids is 2. The fourth-order valence-corrected chi connectivity index (χ4v) is 5.29. The molecule has 0 spiro atoms. The fourth-order valence-electron chi connectivity index (χ4n) is 3.83. The number of carbonyl (C=O) groups is 2. The molecule has 1 aromatic heterocycles. The van der Waals surface area contributed by atoms with Crippen LogP contribution in [-0.2, 0) is 16.6 Å². The van der Waals surface area contributed by atoms with E-state index < -0.39 is 11.8 Å². The van der Waals surface area contributed by atoms with Gasteiger partial charge in [-0.2, -0.15) is 5.10 Å². The molecule has 0 unspecified atom stereocenters. The van der Waals surface area contributed by atoms with Gasteiger partial charge >= 0.3 is 0 Å². The number of amides is 2. The molecule has 0 bridgehead atoms. The highest BCUT2D eigenvalue weighted by molar-refractivity contribution is 7.99. The van der Waals surface area contributed by atoms with Crippen molar-refractivity contribution in [1.29, 1.82) is 0 Å². The summed E-state index contributed by atoms with van der Waals surface area (Å²) in [5.41, 5.74) is 2.55. The first kappa shape index (κ1) is 25.2. The summed E-state index contributed by atoms with van der Waals surface area (Å²) in [5, 5.41) is 9.27. The van der Waals surface area contributed by atoms with Gasteiger partial charge in [0.2, 0.25) is 0 Å². The van der Waals surface area contributed by atoms with Gasteiger partial charge in [0.15, 0.2) is 5.11 Å². The average molecular weight is 566 g/mol. The molecule has 6 nitrogen and oxygen atoms in total. The molecule has 37 heavy (non-hydrogen) atoms. The van der Waals surface area contributed by atoms with Crippen LogP contribution in [0.25, 0.3) is 17.3 Å². The lowest BCUT2D eigenvalue weighted by Crippen LogP contribution is -2.54. The van der Waals surface area contributed by atoms with Crippen LogP contribution in [0.15, 0.2) is 94.4 Å². The third-order valence-corrected chi connectivity index (χ3v) is 7.55. The predicted molar refractivity (Wildman–Crippen MR) is 152 cm³/mol. The second-order valence-electron chi connectivity index (χ2n) is 8.05. The van der Waals surface area contributed by atoms with Gasteiger partial charge in [-0.3, -0.25) is 24.5 Å². The SMILES string of the molecule is Cn1nc(-c2ccccc2)c(C=C2C(=O)NC(=S)N(c3ccc(Cl)cc3)C2=O)c1Sc1ccc(Cl)cc1. The van der Waals surface area contributed by atoms with Crippen LogP contribution in [0.1, 0.15) is 5.56 Å². The number of aromatic nitrogens is 2. The van der Waals surface area contributed by atoms with E-state index in [9.17, 15) is 9.59 Å². The molecule has 0 atom stereocenters. The van der Waals surface area contributed by atoms with E-state index in [1.807, 2.05) is 49.5 Å². The lowest BCUT2D eigenvalue weighted by atomic mass is 10.0. The summed E-state index contributed by atoms with van der Waals surface area (Å²) in [5.74, 6) is -1.12. The highest BCUT2D eigenvalue weighted by Crippen LogP contribution is 2.38. The second-order valence-corrected chi connectivity index (χ2v) is 10.4. The summed E-state index contributed by atoms with van der Waals surface area (Å²) < 4.78 is 1.74. The Morgan fingerprint density at radius 3 is 2.19 bits per heavy atom. The van der Waals surface area contributed by atoms with Crippen molar-refractivity contribution in [2.45, 2.75) is 9.92 Å². The Kier molecular flexibility index (Phi) is 7.17. The molecule has 0 radical (unpaired) electrons. The van der Waals surface area contributed by atoms with Crippen molar-refractivity contribution in [2.24, 2.45) is 7.05 Å². The Morgan fingerprint density at radius 2 is 1.54 bits per heavy atom. The molecule has 10 heteroatoms. The van der Waals surface area contributed by atoms with Crippen molar-refractivity contribution in [3.63, 3.8) is 0 Å². The average Bonchev–Trinajstić information content (AvgIpc) is 3.19. The lowest BCUT2D eigenvalue weighted by Gasteiger charge is -2.29. The summed E-state index contributed by atoms with van der Waals surface area (Å²) in [4.78, 5) is 28.9. The van der Waals surface area contributed by atoms with E-state index in [1.54, 1.807) is 47.2 Å². The first-order valence-electron chi connectivity index (χ1n) is 11.0. The third kappa shape index (κ3) is 5.19. The topological polar surface area (TPSA) is 67.2 Å². The molecule has 1 fully saturated rings. The summed E-state index contributed by atoms with van der Waals surface area (Å²) in [7, 11) is 1.82. The molecule has 5 rings (SSSR count). The van der Waals surface area contributed by atoms with E-state index >= 15 is 0 Å². The van der Waals surface area contributed by atoms with E-state index in [0.717, 1.165) is 15.5 Å². The van der Waals surface area contributed by atoms with Crippen LogP contribution in [-0.4, -0.2) is 26.7 Å². The van der Waals surface area contributed by atoms with Gasteiger partial charge in [0.1, 0.15) is 16.3 Å². The van der Waals surface area contributed by atoms with Crippen LogP contribution < -0.4 is 10.2 Å². The maximum atomic E-state index is 13.6. The minimum atomic E-state index is -0.578. The molecule has 0 saturated carbocycles. The molecule has 2 heterocycles. The second kappa shape index (κ2) is 10.5. The van der Waals surface area contributed by atoms with Crippen molar-refractivity contribution >= 4 is 75.9 Å². The van der Waals surface area contributed by atoms with Crippen molar-refractivity contribution in [3.8, 4) is 11.3 Å². The quantitative estimate of drug-likeness (QED) is 0.173. The summed E-state index contributed by atoms with van der Waals surface area (Å²) >= 11 is 18.9. The number of anilines is 1. The predicted octanol–water partition coefficient (Wildman–Crippen LogP) is 6.38. The van der Waals surface area contributed by atoms with E-state index in [0.29, 0.717) is 27.0 Å². The number of aryl methyl sites for hydroxylation is 1. The normalized spacial score (nSPS) is 14.8. The van der Waals surface area contributed by atoms with Crippen molar-refractivity contribution < 1.29 is 9.59 Å². The molecule has 1 saturated heterocycles. The van der Waals surface area contributed by atoms with Gasteiger partial charge in [-0.1, -0.05) is 65.3 Å². The van der Waals surface area contributed by atoms with E-state index in [2.05, 4.69) is 5.32 Å². The largest absolute Gasteiger partial charge is 0.298 e.